The van der Waals surface area contributed by atoms with E-state index in [0.717, 1.165) is 8.95 Å². The highest BCUT2D eigenvalue weighted by Gasteiger charge is 2.15. The summed E-state index contributed by atoms with van der Waals surface area (Å²) in [6.07, 6.45) is 0. The van der Waals surface area contributed by atoms with Crippen LogP contribution in [-0.4, -0.2) is 5.78 Å². The van der Waals surface area contributed by atoms with Gasteiger partial charge in [-0.3, -0.25) is 4.79 Å². The van der Waals surface area contributed by atoms with Gasteiger partial charge in [0.1, 0.15) is 5.82 Å². The number of carbonyl (C=O) groups excluding carboxylic acids is 1. The van der Waals surface area contributed by atoms with E-state index in [9.17, 15) is 9.18 Å². The molecular formula is C13H6Br3FO. The summed E-state index contributed by atoms with van der Waals surface area (Å²) in [7, 11) is 0. The van der Waals surface area contributed by atoms with Crippen molar-refractivity contribution >= 4 is 53.6 Å². The zero-order chi connectivity index (χ0) is 13.3. The first-order valence-electron chi connectivity index (χ1n) is 4.93. The Morgan fingerprint density at radius 1 is 0.889 bits per heavy atom. The fourth-order valence-electron chi connectivity index (χ4n) is 1.51. The zero-order valence-electron chi connectivity index (χ0n) is 8.88. The summed E-state index contributed by atoms with van der Waals surface area (Å²) < 4.78 is 15.8. The van der Waals surface area contributed by atoms with Gasteiger partial charge < -0.3 is 0 Å². The van der Waals surface area contributed by atoms with E-state index in [1.807, 2.05) is 6.07 Å². The third-order valence-corrected chi connectivity index (χ3v) is 3.71. The lowest BCUT2D eigenvalue weighted by Gasteiger charge is -2.05. The van der Waals surface area contributed by atoms with E-state index >= 15 is 0 Å². The van der Waals surface area contributed by atoms with E-state index in [1.54, 1.807) is 18.2 Å². The van der Waals surface area contributed by atoms with Crippen molar-refractivity contribution in [1.29, 1.82) is 0 Å². The Hall–Kier alpha value is -0.520. The van der Waals surface area contributed by atoms with Crippen LogP contribution in [0.4, 0.5) is 4.39 Å². The van der Waals surface area contributed by atoms with Gasteiger partial charge in [-0.25, -0.2) is 4.39 Å². The van der Waals surface area contributed by atoms with Crippen LogP contribution in [0.5, 0.6) is 0 Å². The molecule has 18 heavy (non-hydrogen) atoms. The molecule has 0 aliphatic carbocycles. The molecule has 2 rings (SSSR count). The van der Waals surface area contributed by atoms with Crippen molar-refractivity contribution in [2.24, 2.45) is 0 Å². The van der Waals surface area contributed by atoms with Crippen LogP contribution in [0.1, 0.15) is 15.9 Å². The number of hydrogen-bond donors (Lipinski definition) is 0. The highest BCUT2D eigenvalue weighted by molar-refractivity contribution is 9.11. The number of carbonyl (C=O) groups is 1. The van der Waals surface area contributed by atoms with Gasteiger partial charge >= 0.3 is 0 Å². The maximum atomic E-state index is 13.6. The van der Waals surface area contributed by atoms with Crippen molar-refractivity contribution in [2.75, 3.05) is 0 Å². The number of rotatable bonds is 2. The van der Waals surface area contributed by atoms with Gasteiger partial charge in [0.25, 0.3) is 0 Å². The average Bonchev–Trinajstić information content (AvgIpc) is 2.30. The largest absolute Gasteiger partial charge is 0.288 e. The van der Waals surface area contributed by atoms with Crippen LogP contribution in [0.2, 0.25) is 0 Å². The van der Waals surface area contributed by atoms with E-state index < -0.39 is 5.82 Å². The van der Waals surface area contributed by atoms with Crippen LogP contribution in [-0.2, 0) is 0 Å². The molecule has 0 saturated heterocycles. The Labute approximate surface area is 129 Å². The lowest BCUT2D eigenvalue weighted by Crippen LogP contribution is -2.04. The van der Waals surface area contributed by atoms with Crippen LogP contribution >= 0.6 is 47.8 Å². The molecule has 92 valence electrons. The Kier molecular flexibility index (Phi) is 4.35. The van der Waals surface area contributed by atoms with Gasteiger partial charge in [-0.1, -0.05) is 47.8 Å². The van der Waals surface area contributed by atoms with E-state index in [2.05, 4.69) is 47.8 Å². The van der Waals surface area contributed by atoms with E-state index in [4.69, 9.17) is 0 Å². The molecule has 0 fully saturated rings. The summed E-state index contributed by atoms with van der Waals surface area (Å²) >= 11 is 9.83. The summed E-state index contributed by atoms with van der Waals surface area (Å²) in [5.74, 6) is -0.880. The van der Waals surface area contributed by atoms with Gasteiger partial charge in [0, 0.05) is 19.0 Å². The predicted molar refractivity (Wildman–Crippen MR) is 79.4 cm³/mol. The molecule has 0 aromatic heterocycles. The molecule has 0 aliphatic rings. The summed E-state index contributed by atoms with van der Waals surface area (Å²) in [5, 5.41) is 0. The molecule has 2 aromatic carbocycles. The van der Waals surface area contributed by atoms with E-state index in [0.29, 0.717) is 10.0 Å². The minimum atomic E-state index is -0.528. The van der Waals surface area contributed by atoms with Crippen LogP contribution in [0.3, 0.4) is 0 Å². The SMILES string of the molecule is O=C(c1cc(Br)cc(Br)c1)c1cc(Br)ccc1F. The normalized spacial score (nSPS) is 10.4. The highest BCUT2D eigenvalue weighted by atomic mass is 79.9. The molecule has 0 amide bonds. The quantitative estimate of drug-likeness (QED) is 0.580. The minimum absolute atomic E-state index is 0.0503. The number of ketones is 1. The van der Waals surface area contributed by atoms with Gasteiger partial charge in [-0.2, -0.15) is 0 Å². The number of benzene rings is 2. The van der Waals surface area contributed by atoms with Crippen molar-refractivity contribution in [3.63, 3.8) is 0 Å². The number of hydrogen-bond acceptors (Lipinski definition) is 1. The molecule has 0 radical (unpaired) electrons. The van der Waals surface area contributed by atoms with Gasteiger partial charge in [0.05, 0.1) is 5.56 Å². The molecule has 0 aliphatic heterocycles. The fraction of sp³-hybridized carbons (Fsp3) is 0. The molecule has 0 bridgehead atoms. The maximum absolute atomic E-state index is 13.6. The summed E-state index contributed by atoms with van der Waals surface area (Å²) in [6, 6.07) is 9.44. The van der Waals surface area contributed by atoms with Crippen LogP contribution in [0, 0.1) is 5.82 Å². The Bertz CT molecular complexity index is 605. The first-order valence-corrected chi connectivity index (χ1v) is 7.31. The second-order valence-electron chi connectivity index (χ2n) is 3.61. The minimum Gasteiger partial charge on any atom is -0.288 e. The van der Waals surface area contributed by atoms with Crippen molar-refractivity contribution in [2.45, 2.75) is 0 Å². The lowest BCUT2D eigenvalue weighted by atomic mass is 10.0. The third kappa shape index (κ3) is 3.08. The van der Waals surface area contributed by atoms with Gasteiger partial charge in [0.15, 0.2) is 5.78 Å². The molecule has 0 unspecified atom stereocenters. The van der Waals surface area contributed by atoms with Crippen molar-refractivity contribution in [1.82, 2.24) is 0 Å². The average molecular weight is 437 g/mol. The van der Waals surface area contributed by atoms with Crippen molar-refractivity contribution in [3.8, 4) is 0 Å². The second kappa shape index (κ2) is 5.63. The molecule has 0 N–H and O–H groups in total. The lowest BCUT2D eigenvalue weighted by molar-refractivity contribution is 0.103. The fourth-order valence-corrected chi connectivity index (χ4v) is 3.17. The van der Waals surface area contributed by atoms with Crippen molar-refractivity contribution < 1.29 is 9.18 Å². The molecule has 5 heteroatoms. The third-order valence-electron chi connectivity index (χ3n) is 2.30. The molecule has 1 nitrogen and oxygen atoms in total. The number of halogens is 4. The Morgan fingerprint density at radius 3 is 2.11 bits per heavy atom. The standard InChI is InChI=1S/C13H6Br3FO/c14-8-1-2-12(17)11(6-8)13(18)7-3-9(15)5-10(16)4-7/h1-6H. The first-order chi connectivity index (χ1) is 8.47. The smallest absolute Gasteiger partial charge is 0.196 e. The highest BCUT2D eigenvalue weighted by Crippen LogP contribution is 2.24. The van der Waals surface area contributed by atoms with E-state index in [1.165, 1.54) is 12.1 Å². The monoisotopic (exact) mass is 434 g/mol. The summed E-state index contributed by atoms with van der Waals surface area (Å²) in [4.78, 5) is 12.2. The second-order valence-corrected chi connectivity index (χ2v) is 6.36. The molecule has 0 saturated carbocycles. The molecular weight excluding hydrogens is 431 g/mol. The zero-order valence-corrected chi connectivity index (χ0v) is 13.6. The molecule has 0 atom stereocenters. The van der Waals surface area contributed by atoms with Crippen LogP contribution in [0.25, 0.3) is 0 Å². The van der Waals surface area contributed by atoms with Gasteiger partial charge in [-0.15, -0.1) is 0 Å². The van der Waals surface area contributed by atoms with Gasteiger partial charge in [0.2, 0.25) is 0 Å². The topological polar surface area (TPSA) is 17.1 Å². The van der Waals surface area contributed by atoms with Crippen molar-refractivity contribution in [3.05, 3.63) is 66.8 Å². The molecule has 0 spiro atoms. The van der Waals surface area contributed by atoms with E-state index in [-0.39, 0.29) is 11.3 Å². The molecule has 0 heterocycles. The van der Waals surface area contributed by atoms with Gasteiger partial charge in [-0.05, 0) is 36.4 Å². The van der Waals surface area contributed by atoms with Crippen LogP contribution in [0.15, 0.2) is 49.8 Å². The maximum Gasteiger partial charge on any atom is 0.196 e. The Balaban J connectivity index is 2.51. The Morgan fingerprint density at radius 2 is 1.50 bits per heavy atom. The summed E-state index contributed by atoms with van der Waals surface area (Å²) in [6.45, 7) is 0. The summed E-state index contributed by atoms with van der Waals surface area (Å²) in [5.41, 5.74) is 0.475. The predicted octanol–water partition coefficient (Wildman–Crippen LogP) is 5.34. The first kappa shape index (κ1) is 13.9. The van der Waals surface area contributed by atoms with Crippen LogP contribution < -0.4 is 0 Å². The molecule has 2 aromatic rings.